The number of alkyl halides is 3. The molecule has 1 N–H and O–H groups in total. The Kier molecular flexibility index (Phi) is 7.58. The topological polar surface area (TPSA) is 68.3 Å². The largest absolute Gasteiger partial charge is 0.452 e. The number of fused-ring (bicyclic) bond motifs is 1. The number of amides is 1. The van der Waals surface area contributed by atoms with Gasteiger partial charge in [-0.3, -0.25) is 9.78 Å². The maximum Gasteiger partial charge on any atom is 0.416 e. The number of hydrogen-bond donors (Lipinski definition) is 1. The van der Waals surface area contributed by atoms with Crippen molar-refractivity contribution < 1.29 is 27.5 Å². The van der Waals surface area contributed by atoms with Gasteiger partial charge in [0.25, 0.3) is 5.91 Å². The second-order valence-electron chi connectivity index (χ2n) is 7.35. The van der Waals surface area contributed by atoms with Gasteiger partial charge in [-0.2, -0.15) is 13.2 Å². The van der Waals surface area contributed by atoms with Crippen molar-refractivity contribution in [3.05, 3.63) is 69.9 Å². The van der Waals surface area contributed by atoms with E-state index in [0.29, 0.717) is 29.3 Å². The molecule has 2 aromatic carbocycles. The summed E-state index contributed by atoms with van der Waals surface area (Å²) in [5.41, 5.74) is 1.36. The van der Waals surface area contributed by atoms with Gasteiger partial charge in [0.2, 0.25) is 0 Å². The van der Waals surface area contributed by atoms with Crippen molar-refractivity contribution in [1.82, 2.24) is 4.98 Å². The fourth-order valence-corrected chi connectivity index (χ4v) is 3.71. The molecule has 1 amide bonds. The molecule has 0 saturated heterocycles. The number of ether oxygens (including phenoxy) is 1. The number of aromatic nitrogens is 1. The molecule has 0 saturated carbocycles. The van der Waals surface area contributed by atoms with Crippen LogP contribution in [-0.4, -0.2) is 23.5 Å². The summed E-state index contributed by atoms with van der Waals surface area (Å²) >= 11 is 5.90. The number of aryl methyl sites for hydroxylation is 1. The van der Waals surface area contributed by atoms with Gasteiger partial charge >= 0.3 is 12.1 Å². The zero-order valence-corrected chi connectivity index (χ0v) is 18.8. The molecule has 1 aromatic heterocycles. The highest BCUT2D eigenvalue weighted by atomic mass is 35.5. The summed E-state index contributed by atoms with van der Waals surface area (Å²) in [7, 11) is 0. The highest BCUT2D eigenvalue weighted by Gasteiger charge is 2.31. The first kappa shape index (κ1) is 24.5. The number of esters is 1. The van der Waals surface area contributed by atoms with Crippen molar-refractivity contribution >= 4 is 40.1 Å². The molecule has 0 bridgehead atoms. The van der Waals surface area contributed by atoms with Crippen LogP contribution in [0.1, 0.15) is 47.4 Å². The van der Waals surface area contributed by atoms with Crippen molar-refractivity contribution in [2.45, 2.75) is 39.3 Å². The minimum atomic E-state index is -4.59. The van der Waals surface area contributed by atoms with Crippen LogP contribution in [0.5, 0.6) is 0 Å². The van der Waals surface area contributed by atoms with Crippen LogP contribution in [0, 0.1) is 0 Å². The van der Waals surface area contributed by atoms with E-state index in [2.05, 4.69) is 10.3 Å². The minimum Gasteiger partial charge on any atom is -0.452 e. The van der Waals surface area contributed by atoms with E-state index >= 15 is 0 Å². The third-order valence-electron chi connectivity index (χ3n) is 5.03. The van der Waals surface area contributed by atoms with Crippen LogP contribution in [0.3, 0.4) is 0 Å². The lowest BCUT2D eigenvalue weighted by Gasteiger charge is -2.16. The third-order valence-corrected chi connectivity index (χ3v) is 5.36. The van der Waals surface area contributed by atoms with Crippen LogP contribution in [0.15, 0.2) is 42.5 Å². The van der Waals surface area contributed by atoms with E-state index in [9.17, 15) is 22.8 Å². The second-order valence-corrected chi connectivity index (χ2v) is 7.76. The Morgan fingerprint density at radius 1 is 1.12 bits per heavy atom. The molecule has 5 nitrogen and oxygen atoms in total. The number of nitrogens with one attached hydrogen (secondary N) is 1. The SMILES string of the molecule is CCCc1nc2ccccc2c(C(=O)OCC(=O)Nc2cc(C(F)(F)F)ccc2Cl)c1CC. The fourth-order valence-electron chi connectivity index (χ4n) is 3.55. The van der Waals surface area contributed by atoms with E-state index in [1.807, 2.05) is 19.9 Å². The smallest absolute Gasteiger partial charge is 0.416 e. The highest BCUT2D eigenvalue weighted by Crippen LogP contribution is 2.34. The van der Waals surface area contributed by atoms with Gasteiger partial charge in [-0.25, -0.2) is 4.79 Å². The molecular weight excluding hydrogens is 457 g/mol. The Hall–Kier alpha value is -3.13. The van der Waals surface area contributed by atoms with Gasteiger partial charge in [0.15, 0.2) is 6.61 Å². The van der Waals surface area contributed by atoms with Crippen molar-refractivity contribution in [3.63, 3.8) is 0 Å². The molecule has 3 aromatic rings. The van der Waals surface area contributed by atoms with Gasteiger partial charge < -0.3 is 10.1 Å². The molecule has 0 aliphatic heterocycles. The summed E-state index contributed by atoms with van der Waals surface area (Å²) in [6.07, 6.45) is -2.52. The molecule has 0 radical (unpaired) electrons. The van der Waals surface area contributed by atoms with Crippen molar-refractivity contribution in [3.8, 4) is 0 Å². The fraction of sp³-hybridized carbons (Fsp3) is 0.292. The van der Waals surface area contributed by atoms with Crippen molar-refractivity contribution in [2.75, 3.05) is 11.9 Å². The molecule has 0 unspecified atom stereocenters. The van der Waals surface area contributed by atoms with E-state index in [1.165, 1.54) is 0 Å². The van der Waals surface area contributed by atoms with Crippen molar-refractivity contribution in [1.29, 1.82) is 0 Å². The number of carbonyl (C=O) groups excluding carboxylic acids is 2. The standard InChI is InChI=1S/C24H22ClF3N2O3/c1-3-7-18-15(4-2)22(16-8-5-6-9-19(16)29-18)23(32)33-13-21(31)30-20-12-14(24(26,27)28)10-11-17(20)25/h5-6,8-12H,3-4,7,13H2,1-2H3,(H,30,31). The third kappa shape index (κ3) is 5.63. The number of hydrogen-bond acceptors (Lipinski definition) is 4. The Morgan fingerprint density at radius 3 is 2.52 bits per heavy atom. The summed E-state index contributed by atoms with van der Waals surface area (Å²) in [4.78, 5) is 30.0. The monoisotopic (exact) mass is 478 g/mol. The number of pyridine rings is 1. The number of benzene rings is 2. The van der Waals surface area contributed by atoms with Crippen LogP contribution in [-0.2, 0) is 28.5 Å². The molecule has 0 spiro atoms. The molecule has 33 heavy (non-hydrogen) atoms. The van der Waals surface area contributed by atoms with E-state index in [-0.39, 0.29) is 10.7 Å². The predicted octanol–water partition coefficient (Wildman–Crippen LogP) is 6.22. The Morgan fingerprint density at radius 2 is 1.85 bits per heavy atom. The molecule has 0 aliphatic rings. The van der Waals surface area contributed by atoms with Gasteiger partial charge in [0.05, 0.1) is 27.4 Å². The van der Waals surface area contributed by atoms with Crippen LogP contribution < -0.4 is 5.32 Å². The second kappa shape index (κ2) is 10.2. The molecule has 174 valence electrons. The summed E-state index contributed by atoms with van der Waals surface area (Å²) in [6.45, 7) is 3.23. The first-order valence-corrected chi connectivity index (χ1v) is 10.8. The lowest BCUT2D eigenvalue weighted by atomic mass is 9.96. The summed E-state index contributed by atoms with van der Waals surface area (Å²) < 4.78 is 44.0. The molecule has 3 rings (SSSR count). The molecular formula is C24H22ClF3N2O3. The Balaban J connectivity index is 1.82. The van der Waals surface area contributed by atoms with E-state index < -0.39 is 30.2 Å². The summed E-state index contributed by atoms with van der Waals surface area (Å²) in [5.74, 6) is -1.51. The van der Waals surface area contributed by atoms with Crippen LogP contribution in [0.25, 0.3) is 10.9 Å². The van der Waals surface area contributed by atoms with Crippen LogP contribution in [0.4, 0.5) is 18.9 Å². The Bertz CT molecular complexity index is 1200. The minimum absolute atomic E-state index is 0.0692. The van der Waals surface area contributed by atoms with Gasteiger partial charge in [-0.15, -0.1) is 0 Å². The number of halogens is 4. The molecule has 0 aliphatic carbocycles. The van der Waals surface area contributed by atoms with Gasteiger partial charge in [0.1, 0.15) is 0 Å². The molecule has 1 heterocycles. The highest BCUT2D eigenvalue weighted by molar-refractivity contribution is 6.33. The van der Waals surface area contributed by atoms with Gasteiger partial charge in [-0.05, 0) is 42.7 Å². The normalized spacial score (nSPS) is 11.5. The zero-order chi connectivity index (χ0) is 24.2. The number of para-hydroxylation sites is 1. The number of rotatable bonds is 7. The average Bonchev–Trinajstić information content (AvgIpc) is 2.77. The molecule has 0 atom stereocenters. The summed E-state index contributed by atoms with van der Waals surface area (Å²) in [5, 5.41) is 2.81. The molecule has 9 heteroatoms. The van der Waals surface area contributed by atoms with E-state index in [4.69, 9.17) is 16.3 Å². The first-order chi connectivity index (χ1) is 15.7. The lowest BCUT2D eigenvalue weighted by Crippen LogP contribution is -2.22. The summed E-state index contributed by atoms with van der Waals surface area (Å²) in [6, 6.07) is 9.73. The van der Waals surface area contributed by atoms with Crippen LogP contribution in [0.2, 0.25) is 5.02 Å². The van der Waals surface area contributed by atoms with Gasteiger partial charge in [0, 0.05) is 11.1 Å². The quantitative estimate of drug-likeness (QED) is 0.409. The zero-order valence-electron chi connectivity index (χ0n) is 18.1. The first-order valence-electron chi connectivity index (χ1n) is 10.4. The van der Waals surface area contributed by atoms with Crippen LogP contribution >= 0.6 is 11.6 Å². The maximum atomic E-state index is 13.0. The number of nitrogens with zero attached hydrogens (tertiary/aromatic N) is 1. The number of carbonyl (C=O) groups is 2. The lowest BCUT2D eigenvalue weighted by molar-refractivity contribution is -0.137. The van der Waals surface area contributed by atoms with Crippen molar-refractivity contribution in [2.24, 2.45) is 0 Å². The average molecular weight is 479 g/mol. The predicted molar refractivity (Wildman–Crippen MR) is 120 cm³/mol. The van der Waals surface area contributed by atoms with Gasteiger partial charge in [-0.1, -0.05) is 50.1 Å². The van der Waals surface area contributed by atoms with E-state index in [0.717, 1.165) is 35.9 Å². The Labute approximate surface area is 193 Å². The maximum absolute atomic E-state index is 13.0. The molecule has 0 fully saturated rings. The number of anilines is 1. The van der Waals surface area contributed by atoms with E-state index in [1.54, 1.807) is 18.2 Å².